The minimum atomic E-state index is -0.0260. The summed E-state index contributed by atoms with van der Waals surface area (Å²) in [4.78, 5) is 0. The highest BCUT2D eigenvalue weighted by Gasteiger charge is 2.42. The number of hydrogen-bond donors (Lipinski definition) is 1. The van der Waals surface area contributed by atoms with E-state index in [2.05, 4.69) is 137 Å². The zero-order valence-electron chi connectivity index (χ0n) is 26.1. The van der Waals surface area contributed by atoms with E-state index in [1.165, 1.54) is 56.7 Å². The van der Waals surface area contributed by atoms with Gasteiger partial charge in [-0.3, -0.25) is 0 Å². The van der Waals surface area contributed by atoms with Crippen molar-refractivity contribution < 1.29 is 8.83 Å². The standard InChI is InChI=1S/C43H34N2O2/c1-2-4-10-22-43(23-24-44-43)42-35-26-29(17-20-40(35)47-41(42)15-5-3-1)28-16-19-38-33(25-28)34-27-30(18-21-39(34)46-38)45-36-13-8-6-11-31(36)32-12-7-9-14-37(32)45/h1,3,5-9,11-21,25-27,44H,2,4,10,22-24H2/b3-1+,15-5-/t43-/m0/s1. The third-order valence-corrected chi connectivity index (χ3v) is 10.6. The minimum Gasteiger partial charge on any atom is -0.456 e. The second kappa shape index (κ2) is 10.3. The van der Waals surface area contributed by atoms with Crippen LogP contribution in [0.3, 0.4) is 0 Å². The maximum Gasteiger partial charge on any atom is 0.135 e. The highest BCUT2D eigenvalue weighted by atomic mass is 16.3. The Morgan fingerprint density at radius 1 is 0.596 bits per heavy atom. The van der Waals surface area contributed by atoms with Crippen molar-refractivity contribution in [3.05, 3.63) is 133 Å². The molecule has 0 amide bonds. The molecule has 1 N–H and O–H groups in total. The molecule has 4 nitrogen and oxygen atoms in total. The van der Waals surface area contributed by atoms with Crippen molar-refractivity contribution in [2.45, 2.75) is 37.6 Å². The molecule has 0 bridgehead atoms. The summed E-state index contributed by atoms with van der Waals surface area (Å²) in [6.45, 7) is 1.05. The first-order valence-corrected chi connectivity index (χ1v) is 16.9. The summed E-state index contributed by atoms with van der Waals surface area (Å²) in [7, 11) is 0. The summed E-state index contributed by atoms with van der Waals surface area (Å²) < 4.78 is 15.3. The largest absolute Gasteiger partial charge is 0.456 e. The van der Waals surface area contributed by atoms with Gasteiger partial charge in [0.1, 0.15) is 22.5 Å². The van der Waals surface area contributed by atoms with Gasteiger partial charge >= 0.3 is 0 Å². The zero-order valence-corrected chi connectivity index (χ0v) is 26.1. The van der Waals surface area contributed by atoms with E-state index < -0.39 is 0 Å². The fourth-order valence-corrected chi connectivity index (χ4v) is 8.18. The van der Waals surface area contributed by atoms with E-state index in [1.807, 2.05) is 0 Å². The quantitative estimate of drug-likeness (QED) is 0.212. The lowest BCUT2D eigenvalue weighted by Crippen LogP contribution is -2.54. The predicted molar refractivity (Wildman–Crippen MR) is 194 cm³/mol. The van der Waals surface area contributed by atoms with E-state index in [0.717, 1.165) is 64.8 Å². The SMILES string of the molecule is C1=C\c2oc3ccc(-c4ccc5oc6ccc(-n7c8ccccc8c8ccccc87)cc6c5c4)cc3c2[C@]2(CCCC/C=C/1)CCN2. The van der Waals surface area contributed by atoms with Crippen LogP contribution in [0.1, 0.15) is 43.4 Å². The Kier molecular flexibility index (Phi) is 5.91. The number of furan rings is 2. The summed E-state index contributed by atoms with van der Waals surface area (Å²) in [5.41, 5.74) is 9.93. The normalized spacial score (nSPS) is 19.7. The summed E-state index contributed by atoms with van der Waals surface area (Å²) in [5.74, 6) is 0.977. The molecule has 5 aromatic carbocycles. The molecule has 1 atom stereocenters. The van der Waals surface area contributed by atoms with Gasteiger partial charge in [-0.15, -0.1) is 0 Å². The van der Waals surface area contributed by atoms with Crippen molar-refractivity contribution in [1.82, 2.24) is 9.88 Å². The molecular formula is C43H34N2O2. The number of para-hydroxylation sites is 2. The Balaban J connectivity index is 1.13. The molecule has 0 saturated carbocycles. The predicted octanol–water partition coefficient (Wildman–Crippen LogP) is 11.4. The van der Waals surface area contributed by atoms with Gasteiger partial charge in [-0.05, 0) is 104 Å². The number of hydrogen-bond acceptors (Lipinski definition) is 3. The van der Waals surface area contributed by atoms with Crippen LogP contribution in [0, 0.1) is 0 Å². The average molecular weight is 611 g/mol. The van der Waals surface area contributed by atoms with Crippen LogP contribution in [0.4, 0.5) is 0 Å². The molecule has 1 aliphatic heterocycles. The molecule has 8 aromatic rings. The molecule has 4 heteroatoms. The van der Waals surface area contributed by atoms with Crippen molar-refractivity contribution in [3.63, 3.8) is 0 Å². The van der Waals surface area contributed by atoms with Gasteiger partial charge < -0.3 is 18.7 Å². The fourth-order valence-electron chi connectivity index (χ4n) is 8.18. The summed E-state index contributed by atoms with van der Waals surface area (Å²) in [6, 6.07) is 37.2. The number of benzene rings is 5. The molecule has 0 radical (unpaired) electrons. The summed E-state index contributed by atoms with van der Waals surface area (Å²) in [5, 5.41) is 9.82. The molecule has 47 heavy (non-hydrogen) atoms. The lowest BCUT2D eigenvalue weighted by Gasteiger charge is -2.44. The third kappa shape index (κ3) is 4.11. The van der Waals surface area contributed by atoms with Crippen LogP contribution >= 0.6 is 0 Å². The van der Waals surface area contributed by atoms with Crippen LogP contribution in [-0.2, 0) is 5.54 Å². The maximum atomic E-state index is 6.53. The first kappa shape index (κ1) is 26.9. The Bertz CT molecular complexity index is 2520. The maximum absolute atomic E-state index is 6.53. The monoisotopic (exact) mass is 610 g/mol. The van der Waals surface area contributed by atoms with Gasteiger partial charge in [0.05, 0.1) is 11.0 Å². The molecular weight excluding hydrogens is 576 g/mol. The smallest absolute Gasteiger partial charge is 0.135 e. The van der Waals surface area contributed by atoms with E-state index in [-0.39, 0.29) is 5.54 Å². The minimum absolute atomic E-state index is 0.0260. The van der Waals surface area contributed by atoms with Crippen LogP contribution < -0.4 is 5.32 Å². The fraction of sp³-hybridized carbons (Fsp3) is 0.163. The summed E-state index contributed by atoms with van der Waals surface area (Å²) in [6.07, 6.45) is 14.5. The first-order chi connectivity index (χ1) is 23.3. The number of allylic oxidation sites excluding steroid dienone is 3. The van der Waals surface area contributed by atoms with Crippen molar-refractivity contribution in [1.29, 1.82) is 0 Å². The average Bonchev–Trinajstić information content (AvgIpc) is 3.74. The zero-order chi connectivity index (χ0) is 31.0. The molecule has 4 heterocycles. The molecule has 10 rings (SSSR count). The molecule has 0 unspecified atom stereocenters. The molecule has 2 aliphatic rings. The van der Waals surface area contributed by atoms with Crippen LogP contribution in [0.5, 0.6) is 0 Å². The van der Waals surface area contributed by atoms with Crippen molar-refractivity contribution in [2.75, 3.05) is 6.54 Å². The lowest BCUT2D eigenvalue weighted by atomic mass is 9.75. The van der Waals surface area contributed by atoms with E-state index in [1.54, 1.807) is 0 Å². The number of aromatic nitrogens is 1. The summed E-state index contributed by atoms with van der Waals surface area (Å²) >= 11 is 0. The molecule has 1 saturated heterocycles. The van der Waals surface area contributed by atoms with Crippen LogP contribution in [0.25, 0.3) is 77.6 Å². The first-order valence-electron chi connectivity index (χ1n) is 16.9. The van der Waals surface area contributed by atoms with E-state index >= 15 is 0 Å². The number of rotatable bonds is 2. The van der Waals surface area contributed by atoms with E-state index in [4.69, 9.17) is 8.83 Å². The van der Waals surface area contributed by atoms with E-state index in [0.29, 0.717) is 0 Å². The van der Waals surface area contributed by atoms with Gasteiger partial charge in [-0.2, -0.15) is 0 Å². The van der Waals surface area contributed by atoms with Gasteiger partial charge in [-0.25, -0.2) is 0 Å². The Labute approximate surface area is 272 Å². The topological polar surface area (TPSA) is 43.2 Å². The van der Waals surface area contributed by atoms with Crippen molar-refractivity contribution in [3.8, 4) is 16.8 Å². The number of fused-ring (bicyclic) bond motifs is 10. The molecule has 3 aromatic heterocycles. The van der Waals surface area contributed by atoms with Gasteiger partial charge in [0.15, 0.2) is 0 Å². The molecule has 1 fully saturated rings. The Morgan fingerprint density at radius 2 is 1.26 bits per heavy atom. The van der Waals surface area contributed by atoms with Gasteiger partial charge in [0, 0.05) is 43.7 Å². The molecule has 1 spiro atoms. The van der Waals surface area contributed by atoms with Crippen molar-refractivity contribution >= 4 is 60.8 Å². The Morgan fingerprint density at radius 3 is 1.98 bits per heavy atom. The van der Waals surface area contributed by atoms with Gasteiger partial charge in [0.25, 0.3) is 0 Å². The lowest BCUT2D eigenvalue weighted by molar-refractivity contribution is 0.187. The number of nitrogens with one attached hydrogen (secondary N) is 1. The van der Waals surface area contributed by atoms with E-state index in [9.17, 15) is 0 Å². The molecule has 1 aliphatic carbocycles. The van der Waals surface area contributed by atoms with Gasteiger partial charge in [0.2, 0.25) is 0 Å². The van der Waals surface area contributed by atoms with Crippen LogP contribution in [-0.4, -0.2) is 11.1 Å². The van der Waals surface area contributed by atoms with Crippen LogP contribution in [0.2, 0.25) is 0 Å². The Hall–Kier alpha value is -5.32. The highest BCUT2D eigenvalue weighted by Crippen LogP contribution is 2.45. The second-order valence-electron chi connectivity index (χ2n) is 13.2. The molecule has 228 valence electrons. The van der Waals surface area contributed by atoms with Gasteiger partial charge in [-0.1, -0.05) is 73.2 Å². The number of nitrogens with zero attached hydrogens (tertiary/aromatic N) is 1. The van der Waals surface area contributed by atoms with Crippen molar-refractivity contribution in [2.24, 2.45) is 0 Å². The second-order valence-corrected chi connectivity index (χ2v) is 13.2. The highest BCUT2D eigenvalue weighted by molar-refractivity contribution is 6.11. The third-order valence-electron chi connectivity index (χ3n) is 10.6. The van der Waals surface area contributed by atoms with Crippen LogP contribution in [0.15, 0.2) is 130 Å².